The molecule has 5 nitrogen and oxygen atoms in total. The van der Waals surface area contributed by atoms with Crippen molar-refractivity contribution in [1.82, 2.24) is 10.6 Å². The summed E-state index contributed by atoms with van der Waals surface area (Å²) in [6, 6.07) is 0.915. The first-order valence-corrected chi connectivity index (χ1v) is 6.32. The van der Waals surface area contributed by atoms with Gasteiger partial charge in [-0.1, -0.05) is 0 Å². The maximum absolute atomic E-state index is 5.43. The third-order valence-corrected chi connectivity index (χ3v) is 3.02. The summed E-state index contributed by atoms with van der Waals surface area (Å²) in [4.78, 5) is 0. The summed E-state index contributed by atoms with van der Waals surface area (Å²) < 4.78 is 15.8. The van der Waals surface area contributed by atoms with E-state index in [1.165, 1.54) is 0 Å². The quantitative estimate of drug-likeness (QED) is 0.631. The van der Waals surface area contributed by atoms with Crippen LogP contribution in [0.25, 0.3) is 0 Å². The highest BCUT2D eigenvalue weighted by Gasteiger charge is 2.16. The smallest absolute Gasteiger partial charge is 0.0928 e. The van der Waals surface area contributed by atoms with Crippen LogP contribution in [0, 0.1) is 0 Å². The summed E-state index contributed by atoms with van der Waals surface area (Å²) >= 11 is 0. The third-order valence-electron chi connectivity index (χ3n) is 3.02. The van der Waals surface area contributed by atoms with Crippen LogP contribution >= 0.6 is 0 Å². The van der Waals surface area contributed by atoms with Gasteiger partial charge in [0, 0.05) is 39.4 Å². The molecule has 0 aromatic carbocycles. The van der Waals surface area contributed by atoms with Crippen molar-refractivity contribution < 1.29 is 14.2 Å². The van der Waals surface area contributed by atoms with Gasteiger partial charge in [0.1, 0.15) is 0 Å². The van der Waals surface area contributed by atoms with Gasteiger partial charge in [0.25, 0.3) is 0 Å². The lowest BCUT2D eigenvalue weighted by molar-refractivity contribution is 0.0263. The lowest BCUT2D eigenvalue weighted by Crippen LogP contribution is -2.46. The maximum atomic E-state index is 5.43. The highest BCUT2D eigenvalue weighted by molar-refractivity contribution is 4.76. The van der Waals surface area contributed by atoms with E-state index in [4.69, 9.17) is 14.2 Å². The zero-order valence-electron chi connectivity index (χ0n) is 11.2. The zero-order chi connectivity index (χ0) is 12.5. The fraction of sp³-hybridized carbons (Fsp3) is 1.00. The molecule has 0 aliphatic carbocycles. The Morgan fingerprint density at radius 1 is 1.47 bits per heavy atom. The Morgan fingerprint density at radius 2 is 2.29 bits per heavy atom. The molecular formula is C12H26N2O3. The average molecular weight is 246 g/mol. The summed E-state index contributed by atoms with van der Waals surface area (Å²) in [7, 11) is 3.41. The van der Waals surface area contributed by atoms with E-state index in [1.54, 1.807) is 14.2 Å². The minimum absolute atomic E-state index is 0.123. The monoisotopic (exact) mass is 246 g/mol. The van der Waals surface area contributed by atoms with Gasteiger partial charge in [-0.15, -0.1) is 0 Å². The molecule has 0 amide bonds. The van der Waals surface area contributed by atoms with Crippen LogP contribution < -0.4 is 10.6 Å². The molecule has 2 N–H and O–H groups in total. The molecule has 102 valence electrons. The largest absolute Gasteiger partial charge is 0.382 e. The van der Waals surface area contributed by atoms with Gasteiger partial charge in [-0.25, -0.2) is 0 Å². The van der Waals surface area contributed by atoms with Crippen LogP contribution in [-0.2, 0) is 14.2 Å². The predicted molar refractivity (Wildman–Crippen MR) is 67.4 cm³/mol. The van der Waals surface area contributed by atoms with E-state index in [0.717, 1.165) is 32.7 Å². The molecule has 5 heteroatoms. The number of hydrogen-bond donors (Lipinski definition) is 2. The first-order chi connectivity index (χ1) is 8.26. The van der Waals surface area contributed by atoms with E-state index < -0.39 is 0 Å². The first-order valence-electron chi connectivity index (χ1n) is 6.32. The van der Waals surface area contributed by atoms with Gasteiger partial charge < -0.3 is 24.8 Å². The summed E-state index contributed by atoms with van der Waals surface area (Å²) in [6.07, 6.45) is 1.20. The highest BCUT2D eigenvalue weighted by atomic mass is 16.5. The summed E-state index contributed by atoms with van der Waals surface area (Å²) in [5.41, 5.74) is 0. The molecule has 1 heterocycles. The van der Waals surface area contributed by atoms with Gasteiger partial charge in [-0.2, -0.15) is 0 Å². The molecular weight excluding hydrogens is 220 g/mol. The van der Waals surface area contributed by atoms with Crippen LogP contribution in [0.2, 0.25) is 0 Å². The lowest BCUT2D eigenvalue weighted by Gasteiger charge is -2.27. The summed E-state index contributed by atoms with van der Waals surface area (Å²) in [5, 5.41) is 6.92. The Labute approximate surface area is 104 Å². The summed E-state index contributed by atoms with van der Waals surface area (Å²) in [6.45, 7) is 6.24. The zero-order valence-corrected chi connectivity index (χ0v) is 11.2. The van der Waals surface area contributed by atoms with Crippen molar-refractivity contribution in [1.29, 1.82) is 0 Å². The minimum atomic E-state index is 0.123. The fourth-order valence-electron chi connectivity index (χ4n) is 2.01. The predicted octanol–water partition coefficient (Wildman–Crippen LogP) is 0.00440. The molecule has 1 saturated heterocycles. The van der Waals surface area contributed by atoms with Gasteiger partial charge in [-0.3, -0.25) is 0 Å². The van der Waals surface area contributed by atoms with Crippen molar-refractivity contribution in [2.24, 2.45) is 0 Å². The van der Waals surface area contributed by atoms with Gasteiger partial charge in [0.2, 0.25) is 0 Å². The molecule has 3 unspecified atom stereocenters. The van der Waals surface area contributed by atoms with Crippen LogP contribution in [0.5, 0.6) is 0 Å². The Morgan fingerprint density at radius 3 is 2.88 bits per heavy atom. The second-order valence-electron chi connectivity index (χ2n) is 4.58. The number of methoxy groups -OCH3 is 2. The van der Waals surface area contributed by atoms with Crippen molar-refractivity contribution in [2.45, 2.75) is 31.5 Å². The van der Waals surface area contributed by atoms with Crippen LogP contribution in [0.15, 0.2) is 0 Å². The van der Waals surface area contributed by atoms with Crippen LogP contribution in [0.4, 0.5) is 0 Å². The van der Waals surface area contributed by atoms with Crippen molar-refractivity contribution >= 4 is 0 Å². The number of nitrogens with one attached hydrogen (secondary N) is 2. The Kier molecular flexibility index (Phi) is 7.72. The molecule has 0 radical (unpaired) electrons. The second kappa shape index (κ2) is 8.83. The van der Waals surface area contributed by atoms with E-state index >= 15 is 0 Å². The summed E-state index contributed by atoms with van der Waals surface area (Å²) in [5.74, 6) is 0. The van der Waals surface area contributed by atoms with E-state index in [0.29, 0.717) is 18.7 Å². The van der Waals surface area contributed by atoms with Crippen LogP contribution in [-0.4, -0.2) is 65.3 Å². The molecule has 1 aliphatic heterocycles. The van der Waals surface area contributed by atoms with Gasteiger partial charge in [0.05, 0.1) is 25.9 Å². The van der Waals surface area contributed by atoms with Crippen LogP contribution in [0.3, 0.4) is 0 Å². The molecule has 0 aromatic heterocycles. The van der Waals surface area contributed by atoms with E-state index in [-0.39, 0.29) is 6.10 Å². The Hall–Kier alpha value is -0.200. The minimum Gasteiger partial charge on any atom is -0.382 e. The second-order valence-corrected chi connectivity index (χ2v) is 4.58. The number of morpholine rings is 1. The van der Waals surface area contributed by atoms with Crippen molar-refractivity contribution in [3.05, 3.63) is 0 Å². The van der Waals surface area contributed by atoms with Crippen molar-refractivity contribution in [3.8, 4) is 0 Å². The molecule has 3 atom stereocenters. The van der Waals surface area contributed by atoms with Gasteiger partial charge in [-0.05, 0) is 13.3 Å². The van der Waals surface area contributed by atoms with E-state index in [9.17, 15) is 0 Å². The fourth-order valence-corrected chi connectivity index (χ4v) is 2.01. The Balaban J connectivity index is 2.12. The normalized spacial score (nSPS) is 24.5. The van der Waals surface area contributed by atoms with Crippen molar-refractivity contribution in [3.63, 3.8) is 0 Å². The SMILES string of the molecule is COCC(CNC(C)CC1COCCN1)OC. The third kappa shape index (κ3) is 6.33. The van der Waals surface area contributed by atoms with E-state index in [2.05, 4.69) is 17.6 Å². The van der Waals surface area contributed by atoms with Gasteiger partial charge >= 0.3 is 0 Å². The van der Waals surface area contributed by atoms with Crippen LogP contribution in [0.1, 0.15) is 13.3 Å². The molecule has 1 aliphatic rings. The van der Waals surface area contributed by atoms with Crippen molar-refractivity contribution in [2.75, 3.05) is 47.1 Å². The number of rotatable bonds is 8. The highest BCUT2D eigenvalue weighted by Crippen LogP contribution is 2.02. The molecule has 1 fully saturated rings. The molecule has 0 spiro atoms. The topological polar surface area (TPSA) is 51.8 Å². The molecule has 0 aromatic rings. The van der Waals surface area contributed by atoms with Gasteiger partial charge in [0.15, 0.2) is 0 Å². The molecule has 0 bridgehead atoms. The molecule has 0 saturated carbocycles. The van der Waals surface area contributed by atoms with E-state index in [1.807, 2.05) is 0 Å². The molecule has 17 heavy (non-hydrogen) atoms. The molecule has 1 rings (SSSR count). The maximum Gasteiger partial charge on any atom is 0.0928 e. The Bertz CT molecular complexity index is 187. The average Bonchev–Trinajstić information content (AvgIpc) is 2.35. The number of ether oxygens (including phenoxy) is 3. The number of hydrogen-bond acceptors (Lipinski definition) is 5. The first kappa shape index (κ1) is 14.9. The lowest BCUT2D eigenvalue weighted by atomic mass is 10.1. The standard InChI is InChI=1S/C12H26N2O3/c1-10(6-11-8-17-5-4-13-11)14-7-12(16-3)9-15-2/h10-14H,4-9H2,1-3H3.